The van der Waals surface area contributed by atoms with Crippen molar-refractivity contribution in [1.29, 1.82) is 0 Å². The number of benzene rings is 1. The molecule has 0 unspecified atom stereocenters. The molecular weight excluding hydrogens is 222 g/mol. The number of primary amides is 1. The number of amides is 2. The number of carbonyl (C=O) groups excluding carboxylic acids is 1. The minimum atomic E-state index is -0.685. The van der Waals surface area contributed by atoms with Gasteiger partial charge in [0.05, 0.1) is 12.8 Å². The zero-order chi connectivity index (χ0) is 12.8. The van der Waals surface area contributed by atoms with Gasteiger partial charge in [-0.15, -0.1) is 0 Å². The number of aromatic hydroxyl groups is 1. The first kappa shape index (κ1) is 12.7. The molecule has 0 spiro atoms. The van der Waals surface area contributed by atoms with E-state index in [0.29, 0.717) is 11.4 Å². The van der Waals surface area contributed by atoms with Crippen molar-refractivity contribution in [2.75, 3.05) is 7.11 Å². The van der Waals surface area contributed by atoms with Crippen molar-refractivity contribution in [1.82, 2.24) is 10.9 Å². The summed E-state index contributed by atoms with van der Waals surface area (Å²) in [5.41, 5.74) is 11.3. The first-order chi connectivity index (χ1) is 8.08. The lowest BCUT2D eigenvalue weighted by Gasteiger charge is -2.12. The molecule has 6 nitrogen and oxygen atoms in total. The fraction of sp³-hybridized carbons (Fsp3) is 0.182. The van der Waals surface area contributed by atoms with E-state index in [-0.39, 0.29) is 5.75 Å². The molecule has 0 atom stereocenters. The van der Waals surface area contributed by atoms with Crippen LogP contribution in [0.15, 0.2) is 24.3 Å². The second-order valence-corrected chi connectivity index (χ2v) is 3.20. The number of rotatable bonds is 4. The smallest absolute Gasteiger partial charge is 0.330 e. The summed E-state index contributed by atoms with van der Waals surface area (Å²) in [7, 11) is 1.46. The molecular formula is C11H15N3O3. The van der Waals surface area contributed by atoms with Gasteiger partial charge < -0.3 is 15.6 Å². The molecule has 0 aliphatic carbocycles. The van der Waals surface area contributed by atoms with Crippen molar-refractivity contribution in [3.8, 4) is 11.5 Å². The van der Waals surface area contributed by atoms with Crippen LogP contribution in [-0.4, -0.2) is 18.2 Å². The zero-order valence-corrected chi connectivity index (χ0v) is 9.65. The van der Waals surface area contributed by atoms with Crippen LogP contribution in [0.5, 0.6) is 11.5 Å². The van der Waals surface area contributed by atoms with Gasteiger partial charge in [-0.2, -0.15) is 0 Å². The normalized spacial score (nSPS) is 10.8. The molecule has 92 valence electrons. The topological polar surface area (TPSA) is 96.6 Å². The lowest BCUT2D eigenvalue weighted by Crippen LogP contribution is -2.39. The van der Waals surface area contributed by atoms with Crippen molar-refractivity contribution >= 4 is 11.7 Å². The van der Waals surface area contributed by atoms with E-state index in [1.54, 1.807) is 25.1 Å². The molecule has 1 aromatic rings. The van der Waals surface area contributed by atoms with Crippen LogP contribution in [0.4, 0.5) is 4.79 Å². The summed E-state index contributed by atoms with van der Waals surface area (Å²) in [6.07, 6.45) is 1.75. The molecule has 1 rings (SSSR count). The van der Waals surface area contributed by atoms with E-state index in [0.717, 1.165) is 5.56 Å². The lowest BCUT2D eigenvalue weighted by atomic mass is 10.1. The highest BCUT2D eigenvalue weighted by atomic mass is 16.5. The maximum Gasteiger partial charge on any atom is 0.330 e. The number of carbonyl (C=O) groups is 1. The minimum absolute atomic E-state index is 0.0505. The average molecular weight is 237 g/mol. The molecule has 6 heteroatoms. The summed E-state index contributed by atoms with van der Waals surface area (Å²) >= 11 is 0. The molecule has 0 saturated heterocycles. The van der Waals surface area contributed by atoms with Gasteiger partial charge in [0.2, 0.25) is 0 Å². The molecule has 17 heavy (non-hydrogen) atoms. The van der Waals surface area contributed by atoms with Crippen LogP contribution in [0.25, 0.3) is 5.70 Å². The van der Waals surface area contributed by atoms with Crippen LogP contribution in [0, 0.1) is 0 Å². The van der Waals surface area contributed by atoms with Crippen molar-refractivity contribution in [3.05, 3.63) is 29.8 Å². The molecule has 1 aromatic carbocycles. The first-order valence-electron chi connectivity index (χ1n) is 4.93. The van der Waals surface area contributed by atoms with Crippen LogP contribution < -0.4 is 21.3 Å². The molecule has 0 saturated carbocycles. The highest BCUT2D eigenvalue weighted by Gasteiger charge is 2.06. The number of nitrogens with two attached hydrogens (primary N) is 1. The van der Waals surface area contributed by atoms with E-state index in [2.05, 4.69) is 10.9 Å². The zero-order valence-electron chi connectivity index (χ0n) is 9.65. The van der Waals surface area contributed by atoms with Crippen molar-refractivity contribution in [2.45, 2.75) is 6.92 Å². The summed E-state index contributed by atoms with van der Waals surface area (Å²) < 4.78 is 4.99. The van der Waals surface area contributed by atoms with Gasteiger partial charge in [-0.1, -0.05) is 6.08 Å². The van der Waals surface area contributed by atoms with Crippen LogP contribution in [-0.2, 0) is 0 Å². The summed E-state index contributed by atoms with van der Waals surface area (Å²) in [5, 5.41) is 9.45. The van der Waals surface area contributed by atoms with Crippen molar-refractivity contribution in [2.24, 2.45) is 5.73 Å². The standard InChI is InChI=1S/C11H15N3O3/c1-3-8(13-14-11(12)16)7-4-5-9(15)10(6-7)17-2/h3-6,13,15H,1-2H3,(H3,12,14,16)/b8-3+. The van der Waals surface area contributed by atoms with Gasteiger partial charge in [0.1, 0.15) is 0 Å². The molecule has 0 heterocycles. The Labute approximate surface area is 99.0 Å². The molecule has 0 bridgehead atoms. The predicted octanol–water partition coefficient (Wildman–Crippen LogP) is 0.935. The fourth-order valence-corrected chi connectivity index (χ4v) is 1.29. The average Bonchev–Trinajstić information content (AvgIpc) is 2.31. The number of hydrazine groups is 1. The third kappa shape index (κ3) is 3.30. The number of ether oxygens (including phenoxy) is 1. The number of hydrogen-bond acceptors (Lipinski definition) is 4. The van der Waals surface area contributed by atoms with Crippen molar-refractivity contribution in [3.63, 3.8) is 0 Å². The Hall–Kier alpha value is -2.37. The molecule has 0 aliphatic rings. The maximum absolute atomic E-state index is 10.6. The molecule has 0 aromatic heterocycles. The number of urea groups is 1. The monoisotopic (exact) mass is 237 g/mol. The highest BCUT2D eigenvalue weighted by molar-refractivity contribution is 5.74. The largest absolute Gasteiger partial charge is 0.504 e. The Kier molecular flexibility index (Phi) is 4.21. The van der Waals surface area contributed by atoms with Gasteiger partial charge >= 0.3 is 6.03 Å². The van der Waals surface area contributed by atoms with Crippen LogP contribution >= 0.6 is 0 Å². The minimum Gasteiger partial charge on any atom is -0.504 e. The maximum atomic E-state index is 10.6. The van der Waals surface area contributed by atoms with E-state index in [9.17, 15) is 9.90 Å². The molecule has 5 N–H and O–H groups in total. The van der Waals surface area contributed by atoms with Gasteiger partial charge in [0.15, 0.2) is 11.5 Å². The van der Waals surface area contributed by atoms with Gasteiger partial charge in [-0.25, -0.2) is 4.79 Å². The third-order valence-corrected chi connectivity index (χ3v) is 2.10. The SMILES string of the molecule is C/C=C(/NNC(N)=O)c1ccc(O)c(OC)c1. The summed E-state index contributed by atoms with van der Waals surface area (Å²) in [6, 6.07) is 4.14. The molecule has 0 aliphatic heterocycles. The van der Waals surface area contributed by atoms with Crippen molar-refractivity contribution < 1.29 is 14.6 Å². The van der Waals surface area contributed by atoms with E-state index in [1.807, 2.05) is 0 Å². The number of phenolic OH excluding ortho intramolecular Hbond substituents is 1. The molecule has 2 amide bonds. The Bertz CT molecular complexity index is 444. The number of phenols is 1. The van der Waals surface area contributed by atoms with Gasteiger partial charge in [0.25, 0.3) is 0 Å². The Morgan fingerprint density at radius 2 is 2.18 bits per heavy atom. The highest BCUT2D eigenvalue weighted by Crippen LogP contribution is 2.28. The van der Waals surface area contributed by atoms with Gasteiger partial charge in [-0.3, -0.25) is 10.9 Å². The van der Waals surface area contributed by atoms with E-state index < -0.39 is 6.03 Å². The van der Waals surface area contributed by atoms with E-state index in [4.69, 9.17) is 10.5 Å². The number of hydrogen-bond donors (Lipinski definition) is 4. The Morgan fingerprint density at radius 3 is 2.71 bits per heavy atom. The fourth-order valence-electron chi connectivity index (χ4n) is 1.29. The van der Waals surface area contributed by atoms with E-state index in [1.165, 1.54) is 13.2 Å². The van der Waals surface area contributed by atoms with Gasteiger partial charge in [-0.05, 0) is 25.1 Å². The summed E-state index contributed by atoms with van der Waals surface area (Å²) in [4.78, 5) is 10.6. The molecule has 0 fully saturated rings. The van der Waals surface area contributed by atoms with Crippen LogP contribution in [0.1, 0.15) is 12.5 Å². The number of nitrogens with one attached hydrogen (secondary N) is 2. The Morgan fingerprint density at radius 1 is 1.47 bits per heavy atom. The van der Waals surface area contributed by atoms with Crippen LogP contribution in [0.2, 0.25) is 0 Å². The second-order valence-electron chi connectivity index (χ2n) is 3.20. The molecule has 0 radical (unpaired) electrons. The second kappa shape index (κ2) is 5.64. The quantitative estimate of drug-likeness (QED) is 0.586. The summed E-state index contributed by atoms with van der Waals surface area (Å²) in [5.74, 6) is 0.400. The van der Waals surface area contributed by atoms with Gasteiger partial charge in [0, 0.05) is 5.56 Å². The number of allylic oxidation sites excluding steroid dienone is 1. The Balaban J connectivity index is 2.93. The summed E-state index contributed by atoms with van der Waals surface area (Å²) in [6.45, 7) is 1.80. The lowest BCUT2D eigenvalue weighted by molar-refractivity contribution is 0.247. The number of methoxy groups -OCH3 is 1. The van der Waals surface area contributed by atoms with Crippen LogP contribution in [0.3, 0.4) is 0 Å². The van der Waals surface area contributed by atoms with E-state index >= 15 is 0 Å². The third-order valence-electron chi connectivity index (χ3n) is 2.10. The predicted molar refractivity (Wildman–Crippen MR) is 64.2 cm³/mol. The first-order valence-corrected chi connectivity index (χ1v) is 4.93.